The predicted octanol–water partition coefficient (Wildman–Crippen LogP) is 3.27. The molecule has 1 fully saturated rings. The second kappa shape index (κ2) is 10.6. The summed E-state index contributed by atoms with van der Waals surface area (Å²) in [6, 6.07) is 16.0. The summed E-state index contributed by atoms with van der Waals surface area (Å²) >= 11 is 0. The number of rotatable bonds is 7. The molecule has 0 N–H and O–H groups in total. The summed E-state index contributed by atoms with van der Waals surface area (Å²) in [5.74, 6) is 0.232. The first kappa shape index (κ1) is 23.0. The molecule has 0 saturated carbocycles. The van der Waals surface area contributed by atoms with E-state index in [0.717, 1.165) is 29.5 Å². The predicted molar refractivity (Wildman–Crippen MR) is 125 cm³/mol. The van der Waals surface area contributed by atoms with Gasteiger partial charge < -0.3 is 9.80 Å². The molecular formula is C26H35N3O2. The first-order valence-electron chi connectivity index (χ1n) is 11.3. The van der Waals surface area contributed by atoms with E-state index >= 15 is 0 Å². The van der Waals surface area contributed by atoms with Gasteiger partial charge in [-0.05, 0) is 56.1 Å². The van der Waals surface area contributed by atoms with Crippen LogP contribution in [0.25, 0.3) is 0 Å². The van der Waals surface area contributed by atoms with Gasteiger partial charge in [0, 0.05) is 31.7 Å². The summed E-state index contributed by atoms with van der Waals surface area (Å²) in [5.41, 5.74) is 4.38. The third kappa shape index (κ3) is 5.34. The van der Waals surface area contributed by atoms with Crippen molar-refractivity contribution in [3.05, 3.63) is 70.8 Å². The third-order valence-electron chi connectivity index (χ3n) is 6.30. The molecule has 5 nitrogen and oxygen atoms in total. The van der Waals surface area contributed by atoms with Gasteiger partial charge in [0.25, 0.3) is 5.91 Å². The van der Waals surface area contributed by atoms with Crippen molar-refractivity contribution in [3.8, 4) is 0 Å². The Morgan fingerprint density at radius 2 is 1.52 bits per heavy atom. The molecule has 3 rings (SSSR count). The zero-order valence-electron chi connectivity index (χ0n) is 19.3. The van der Waals surface area contributed by atoms with Crippen LogP contribution in [0.4, 0.5) is 0 Å². The molecule has 0 aromatic heterocycles. The quantitative estimate of drug-likeness (QED) is 0.689. The number of likely N-dealkylation sites (N-methyl/N-ethyl adjacent to an activating group) is 1. The number of aryl methyl sites for hydroxylation is 1. The average molecular weight is 422 g/mol. The molecular weight excluding hydrogens is 386 g/mol. The molecule has 0 radical (unpaired) electrons. The number of hydrogen-bond acceptors (Lipinski definition) is 3. The Labute approximate surface area is 186 Å². The van der Waals surface area contributed by atoms with E-state index in [-0.39, 0.29) is 17.9 Å². The zero-order valence-corrected chi connectivity index (χ0v) is 19.3. The molecule has 1 aliphatic rings. The van der Waals surface area contributed by atoms with Crippen molar-refractivity contribution in [3.63, 3.8) is 0 Å². The van der Waals surface area contributed by atoms with Crippen LogP contribution in [-0.4, -0.2) is 72.8 Å². The Bertz CT molecular complexity index is 887. The Hall–Kier alpha value is -2.66. The molecule has 2 amide bonds. The number of carbonyl (C=O) groups is 2. The highest BCUT2D eigenvalue weighted by atomic mass is 16.2. The standard InChI is InChI=1S/C26H35N3O2/c1-5-21-13-10-14-23(22(21)6-2)25(30)28-15-17-29(18-16-28)26(31)24(27(3)4)19-20-11-8-7-9-12-20/h7-14,24H,5-6,15-19H2,1-4H3. The van der Waals surface area contributed by atoms with Crippen LogP contribution in [0.3, 0.4) is 0 Å². The van der Waals surface area contributed by atoms with E-state index in [4.69, 9.17) is 0 Å². The third-order valence-corrected chi connectivity index (χ3v) is 6.30. The zero-order chi connectivity index (χ0) is 22.4. The lowest BCUT2D eigenvalue weighted by atomic mass is 9.96. The molecule has 5 heteroatoms. The number of hydrogen-bond donors (Lipinski definition) is 0. The van der Waals surface area contributed by atoms with E-state index in [1.165, 1.54) is 5.56 Å². The Balaban J connectivity index is 1.66. The van der Waals surface area contributed by atoms with Gasteiger partial charge in [-0.2, -0.15) is 0 Å². The van der Waals surface area contributed by atoms with Gasteiger partial charge in [0.05, 0.1) is 6.04 Å². The second-order valence-corrected chi connectivity index (χ2v) is 8.44. The van der Waals surface area contributed by atoms with Crippen LogP contribution in [0.15, 0.2) is 48.5 Å². The first-order valence-corrected chi connectivity index (χ1v) is 11.3. The normalized spacial score (nSPS) is 15.3. The van der Waals surface area contributed by atoms with Gasteiger partial charge >= 0.3 is 0 Å². The van der Waals surface area contributed by atoms with Crippen molar-refractivity contribution in [1.82, 2.24) is 14.7 Å². The minimum atomic E-state index is -0.197. The monoisotopic (exact) mass is 421 g/mol. The van der Waals surface area contributed by atoms with Gasteiger partial charge in [-0.3, -0.25) is 14.5 Å². The molecule has 1 unspecified atom stereocenters. The summed E-state index contributed by atoms with van der Waals surface area (Å²) < 4.78 is 0. The molecule has 1 heterocycles. The largest absolute Gasteiger partial charge is 0.338 e. The smallest absolute Gasteiger partial charge is 0.254 e. The number of carbonyl (C=O) groups excluding carboxylic acids is 2. The molecule has 31 heavy (non-hydrogen) atoms. The molecule has 0 spiro atoms. The van der Waals surface area contributed by atoms with Gasteiger partial charge in [0.2, 0.25) is 5.91 Å². The van der Waals surface area contributed by atoms with Gasteiger partial charge in [0.15, 0.2) is 0 Å². The molecule has 1 atom stereocenters. The van der Waals surface area contributed by atoms with Gasteiger partial charge in [-0.25, -0.2) is 0 Å². The van der Waals surface area contributed by atoms with Crippen molar-refractivity contribution < 1.29 is 9.59 Å². The highest BCUT2D eigenvalue weighted by Crippen LogP contribution is 2.20. The van der Waals surface area contributed by atoms with Crippen LogP contribution >= 0.6 is 0 Å². The molecule has 2 aromatic carbocycles. The minimum absolute atomic E-state index is 0.0905. The molecule has 2 aromatic rings. The molecule has 0 bridgehead atoms. The van der Waals surface area contributed by atoms with Crippen LogP contribution in [-0.2, 0) is 24.1 Å². The Morgan fingerprint density at radius 3 is 2.10 bits per heavy atom. The van der Waals surface area contributed by atoms with Gasteiger partial charge in [-0.1, -0.05) is 56.3 Å². The van der Waals surface area contributed by atoms with Crippen molar-refractivity contribution in [2.45, 2.75) is 39.2 Å². The lowest BCUT2D eigenvalue weighted by molar-refractivity contribution is -0.137. The molecule has 1 aliphatic heterocycles. The first-order chi connectivity index (χ1) is 15.0. The molecule has 166 valence electrons. The van der Waals surface area contributed by atoms with Crippen LogP contribution in [0, 0.1) is 0 Å². The minimum Gasteiger partial charge on any atom is -0.338 e. The second-order valence-electron chi connectivity index (χ2n) is 8.44. The number of piperazine rings is 1. The summed E-state index contributed by atoms with van der Waals surface area (Å²) in [7, 11) is 3.91. The molecule has 1 saturated heterocycles. The van der Waals surface area contributed by atoms with Crippen LogP contribution < -0.4 is 0 Å². The highest BCUT2D eigenvalue weighted by Gasteiger charge is 2.31. The maximum Gasteiger partial charge on any atom is 0.254 e. The lowest BCUT2D eigenvalue weighted by Gasteiger charge is -2.38. The van der Waals surface area contributed by atoms with Crippen LogP contribution in [0.5, 0.6) is 0 Å². The van der Waals surface area contributed by atoms with Crippen molar-refractivity contribution in [1.29, 1.82) is 0 Å². The molecule has 0 aliphatic carbocycles. The average Bonchev–Trinajstić information content (AvgIpc) is 2.81. The fraction of sp³-hybridized carbons (Fsp3) is 0.462. The summed E-state index contributed by atoms with van der Waals surface area (Å²) in [6.45, 7) is 6.56. The van der Waals surface area contributed by atoms with E-state index in [0.29, 0.717) is 32.6 Å². The van der Waals surface area contributed by atoms with Gasteiger partial charge in [0.1, 0.15) is 0 Å². The van der Waals surface area contributed by atoms with Gasteiger partial charge in [-0.15, -0.1) is 0 Å². The van der Waals surface area contributed by atoms with Crippen molar-refractivity contribution in [2.75, 3.05) is 40.3 Å². The summed E-state index contributed by atoms with van der Waals surface area (Å²) in [4.78, 5) is 32.3. The fourth-order valence-corrected chi connectivity index (χ4v) is 4.42. The van der Waals surface area contributed by atoms with Crippen molar-refractivity contribution in [2.24, 2.45) is 0 Å². The SMILES string of the molecule is CCc1cccc(C(=O)N2CCN(C(=O)C(Cc3ccccc3)N(C)C)CC2)c1CC. The van der Waals surface area contributed by atoms with E-state index < -0.39 is 0 Å². The van der Waals surface area contributed by atoms with Crippen LogP contribution in [0.1, 0.15) is 40.9 Å². The maximum absolute atomic E-state index is 13.3. The van der Waals surface area contributed by atoms with E-state index in [9.17, 15) is 9.59 Å². The summed E-state index contributed by atoms with van der Waals surface area (Å²) in [5, 5.41) is 0. The van der Waals surface area contributed by atoms with Crippen molar-refractivity contribution >= 4 is 11.8 Å². The van der Waals surface area contributed by atoms with E-state index in [2.05, 4.69) is 32.0 Å². The van der Waals surface area contributed by atoms with E-state index in [1.54, 1.807) is 0 Å². The summed E-state index contributed by atoms with van der Waals surface area (Å²) in [6.07, 6.45) is 2.48. The Morgan fingerprint density at radius 1 is 0.871 bits per heavy atom. The topological polar surface area (TPSA) is 43.9 Å². The maximum atomic E-state index is 13.3. The number of benzene rings is 2. The number of amides is 2. The lowest BCUT2D eigenvalue weighted by Crippen LogP contribution is -2.55. The Kier molecular flexibility index (Phi) is 7.85. The fourth-order valence-electron chi connectivity index (χ4n) is 4.42. The van der Waals surface area contributed by atoms with Crippen LogP contribution in [0.2, 0.25) is 0 Å². The van der Waals surface area contributed by atoms with E-state index in [1.807, 2.05) is 59.1 Å². The highest BCUT2D eigenvalue weighted by molar-refractivity contribution is 5.96. The number of nitrogens with zero attached hydrogens (tertiary/aromatic N) is 3.